The van der Waals surface area contributed by atoms with Crippen molar-refractivity contribution in [3.8, 4) is 0 Å². The van der Waals surface area contributed by atoms with E-state index in [2.05, 4.69) is 26.2 Å². The van der Waals surface area contributed by atoms with Crippen molar-refractivity contribution in [3.05, 3.63) is 69.6 Å². The quantitative estimate of drug-likeness (QED) is 0.687. The van der Waals surface area contributed by atoms with E-state index >= 15 is 0 Å². The molecule has 0 unspecified atom stereocenters. The fourth-order valence-electron chi connectivity index (χ4n) is 2.48. The summed E-state index contributed by atoms with van der Waals surface area (Å²) in [5.74, 6) is -0.673. The van der Waals surface area contributed by atoms with Crippen LogP contribution in [0, 0.1) is 19.7 Å². The highest BCUT2D eigenvalue weighted by atomic mass is 79.9. The predicted molar refractivity (Wildman–Crippen MR) is 93.3 cm³/mol. The van der Waals surface area contributed by atoms with Crippen LogP contribution in [0.5, 0.6) is 0 Å². The third-order valence-electron chi connectivity index (χ3n) is 3.58. The molecule has 0 fully saturated rings. The fourth-order valence-corrected chi connectivity index (χ4v) is 2.95. The first-order valence-corrected chi connectivity index (χ1v) is 7.88. The lowest BCUT2D eigenvalue weighted by Crippen LogP contribution is -2.14. The topological polar surface area (TPSA) is 42.0 Å². The van der Waals surface area contributed by atoms with Crippen LogP contribution in [0.1, 0.15) is 21.6 Å². The Bertz CT molecular complexity index is 924. The fraction of sp³-hybridized carbons (Fsp3) is 0.111. The molecule has 3 nitrogen and oxygen atoms in total. The SMILES string of the molecule is Cc1cc(C(=O)Nc2ccc(Br)cc2C)c2cc(F)ccc2n1. The number of halogens is 2. The van der Waals surface area contributed by atoms with Gasteiger partial charge in [0.15, 0.2) is 0 Å². The Kier molecular flexibility index (Phi) is 4.13. The molecule has 3 aromatic rings. The summed E-state index contributed by atoms with van der Waals surface area (Å²) < 4.78 is 14.5. The summed E-state index contributed by atoms with van der Waals surface area (Å²) in [7, 11) is 0. The Morgan fingerprint density at radius 2 is 1.91 bits per heavy atom. The molecule has 0 aliphatic heterocycles. The third kappa shape index (κ3) is 3.24. The number of amides is 1. The number of hydrogen-bond donors (Lipinski definition) is 1. The number of nitrogens with zero attached hydrogens (tertiary/aromatic N) is 1. The highest BCUT2D eigenvalue weighted by Crippen LogP contribution is 2.24. The van der Waals surface area contributed by atoms with E-state index in [1.807, 2.05) is 32.0 Å². The summed E-state index contributed by atoms with van der Waals surface area (Å²) in [5, 5.41) is 3.39. The van der Waals surface area contributed by atoms with E-state index in [4.69, 9.17) is 0 Å². The zero-order valence-corrected chi connectivity index (χ0v) is 14.2. The number of rotatable bonds is 2. The van der Waals surface area contributed by atoms with E-state index in [-0.39, 0.29) is 5.91 Å². The van der Waals surface area contributed by atoms with Crippen molar-refractivity contribution in [1.29, 1.82) is 0 Å². The van der Waals surface area contributed by atoms with Gasteiger partial charge in [0, 0.05) is 21.2 Å². The van der Waals surface area contributed by atoms with Crippen LogP contribution in [0.25, 0.3) is 10.9 Å². The van der Waals surface area contributed by atoms with Crippen molar-refractivity contribution in [3.63, 3.8) is 0 Å². The van der Waals surface area contributed by atoms with Gasteiger partial charge in [-0.3, -0.25) is 9.78 Å². The lowest BCUT2D eigenvalue weighted by Gasteiger charge is -2.11. The van der Waals surface area contributed by atoms with Crippen molar-refractivity contribution < 1.29 is 9.18 Å². The van der Waals surface area contributed by atoms with Gasteiger partial charge in [0.1, 0.15) is 5.82 Å². The summed E-state index contributed by atoms with van der Waals surface area (Å²) in [5.41, 5.74) is 3.38. The molecule has 0 aliphatic rings. The first kappa shape index (κ1) is 15.6. The number of nitrogens with one attached hydrogen (secondary N) is 1. The van der Waals surface area contributed by atoms with Crippen molar-refractivity contribution in [1.82, 2.24) is 4.98 Å². The number of anilines is 1. The maximum absolute atomic E-state index is 13.6. The summed E-state index contributed by atoms with van der Waals surface area (Å²) in [4.78, 5) is 17.0. The molecule has 116 valence electrons. The monoisotopic (exact) mass is 372 g/mol. The van der Waals surface area contributed by atoms with Gasteiger partial charge in [-0.25, -0.2) is 4.39 Å². The van der Waals surface area contributed by atoms with Crippen molar-refractivity contribution in [2.24, 2.45) is 0 Å². The van der Waals surface area contributed by atoms with Gasteiger partial charge in [0.05, 0.1) is 11.1 Å². The standard InChI is InChI=1S/C18H14BrFN2O/c1-10-7-12(19)3-5-16(10)22-18(23)15-8-11(2)21-17-6-4-13(20)9-14(15)17/h3-9H,1-2H3,(H,22,23). The molecule has 0 atom stereocenters. The molecule has 5 heteroatoms. The molecule has 1 heterocycles. The number of benzene rings is 2. The van der Waals surface area contributed by atoms with E-state index < -0.39 is 5.82 Å². The van der Waals surface area contributed by atoms with E-state index in [1.54, 1.807) is 12.1 Å². The molecule has 2 aromatic carbocycles. The average Bonchev–Trinajstić information content (AvgIpc) is 2.49. The van der Waals surface area contributed by atoms with Gasteiger partial charge >= 0.3 is 0 Å². The molecular formula is C18H14BrFN2O. The van der Waals surface area contributed by atoms with Crippen LogP contribution in [0.2, 0.25) is 0 Å². The molecule has 1 N–H and O–H groups in total. The summed E-state index contributed by atoms with van der Waals surface area (Å²) >= 11 is 3.39. The Morgan fingerprint density at radius 3 is 2.65 bits per heavy atom. The minimum absolute atomic E-state index is 0.281. The highest BCUT2D eigenvalue weighted by molar-refractivity contribution is 9.10. The summed E-state index contributed by atoms with van der Waals surface area (Å²) in [6.45, 7) is 3.72. The summed E-state index contributed by atoms with van der Waals surface area (Å²) in [6, 6.07) is 11.5. The zero-order valence-electron chi connectivity index (χ0n) is 12.7. The normalized spacial score (nSPS) is 10.8. The second-order valence-corrected chi connectivity index (χ2v) is 6.30. The Labute approximate surface area is 141 Å². The predicted octanol–water partition coefficient (Wildman–Crippen LogP) is 5.01. The van der Waals surface area contributed by atoms with Gasteiger partial charge < -0.3 is 5.32 Å². The van der Waals surface area contributed by atoms with Crippen molar-refractivity contribution in [2.75, 3.05) is 5.32 Å². The van der Waals surface area contributed by atoms with Gasteiger partial charge in [-0.15, -0.1) is 0 Å². The molecule has 1 amide bonds. The Balaban J connectivity index is 2.05. The first-order valence-electron chi connectivity index (χ1n) is 7.08. The molecule has 0 bridgehead atoms. The minimum Gasteiger partial charge on any atom is -0.322 e. The number of aromatic nitrogens is 1. The molecule has 23 heavy (non-hydrogen) atoms. The van der Waals surface area contributed by atoms with Gasteiger partial charge in [-0.1, -0.05) is 15.9 Å². The van der Waals surface area contributed by atoms with E-state index in [0.29, 0.717) is 22.2 Å². The maximum atomic E-state index is 13.6. The van der Waals surface area contributed by atoms with E-state index in [9.17, 15) is 9.18 Å². The molecule has 0 aliphatic carbocycles. The van der Waals surface area contributed by atoms with Crippen LogP contribution < -0.4 is 5.32 Å². The maximum Gasteiger partial charge on any atom is 0.256 e. The number of carbonyl (C=O) groups is 1. The lowest BCUT2D eigenvalue weighted by molar-refractivity contribution is 0.102. The van der Waals surface area contributed by atoms with Crippen LogP contribution in [0.15, 0.2) is 46.9 Å². The van der Waals surface area contributed by atoms with Gasteiger partial charge in [0.25, 0.3) is 5.91 Å². The number of carbonyl (C=O) groups excluding carboxylic acids is 1. The second-order valence-electron chi connectivity index (χ2n) is 5.39. The molecular weight excluding hydrogens is 359 g/mol. The summed E-state index contributed by atoms with van der Waals surface area (Å²) in [6.07, 6.45) is 0. The van der Waals surface area contributed by atoms with Crippen LogP contribution in [0.3, 0.4) is 0 Å². The number of aryl methyl sites for hydroxylation is 2. The zero-order chi connectivity index (χ0) is 16.6. The molecule has 0 radical (unpaired) electrons. The van der Waals surface area contributed by atoms with Crippen LogP contribution in [-0.4, -0.2) is 10.9 Å². The minimum atomic E-state index is -0.392. The number of hydrogen-bond acceptors (Lipinski definition) is 2. The third-order valence-corrected chi connectivity index (χ3v) is 4.07. The molecule has 3 rings (SSSR count). The Morgan fingerprint density at radius 1 is 1.13 bits per heavy atom. The number of fused-ring (bicyclic) bond motifs is 1. The van der Waals surface area contributed by atoms with Gasteiger partial charge in [-0.05, 0) is 61.9 Å². The van der Waals surface area contributed by atoms with Crippen LogP contribution >= 0.6 is 15.9 Å². The van der Waals surface area contributed by atoms with Gasteiger partial charge in [0.2, 0.25) is 0 Å². The molecule has 0 spiro atoms. The highest BCUT2D eigenvalue weighted by Gasteiger charge is 2.14. The number of pyridine rings is 1. The lowest BCUT2D eigenvalue weighted by atomic mass is 10.1. The Hall–Kier alpha value is -2.27. The molecule has 1 aromatic heterocycles. The molecule has 0 saturated carbocycles. The van der Waals surface area contributed by atoms with Gasteiger partial charge in [-0.2, -0.15) is 0 Å². The van der Waals surface area contributed by atoms with Crippen LogP contribution in [-0.2, 0) is 0 Å². The van der Waals surface area contributed by atoms with Crippen LogP contribution in [0.4, 0.5) is 10.1 Å². The van der Waals surface area contributed by atoms with Crippen molar-refractivity contribution >= 4 is 38.4 Å². The largest absolute Gasteiger partial charge is 0.322 e. The first-order chi connectivity index (χ1) is 10.9. The van der Waals surface area contributed by atoms with Crippen molar-refractivity contribution in [2.45, 2.75) is 13.8 Å². The smallest absolute Gasteiger partial charge is 0.256 e. The van der Waals surface area contributed by atoms with E-state index in [0.717, 1.165) is 15.7 Å². The molecule has 0 saturated heterocycles. The average molecular weight is 373 g/mol. The second kappa shape index (κ2) is 6.08. The van der Waals surface area contributed by atoms with E-state index in [1.165, 1.54) is 12.1 Å².